The van der Waals surface area contributed by atoms with E-state index in [9.17, 15) is 27.5 Å². The Bertz CT molecular complexity index is 593. The van der Waals surface area contributed by atoms with Crippen molar-refractivity contribution in [2.45, 2.75) is 31.9 Å². The van der Waals surface area contributed by atoms with E-state index in [0.717, 1.165) is 18.9 Å². The van der Waals surface area contributed by atoms with Gasteiger partial charge in [-0.15, -0.1) is 0 Å². The number of aliphatic hydroxyl groups is 1. The summed E-state index contributed by atoms with van der Waals surface area (Å²) in [6, 6.07) is 2.23. The molecule has 0 spiro atoms. The fraction of sp³-hybridized carbons (Fsp3) is 0.357. The second kappa shape index (κ2) is 5.75. The van der Waals surface area contributed by atoms with Gasteiger partial charge in [0.15, 0.2) is 0 Å². The Morgan fingerprint density at radius 1 is 1.19 bits per heavy atom. The fourth-order valence-electron chi connectivity index (χ4n) is 2.16. The molecule has 3 nitrogen and oxygen atoms in total. The molecule has 1 aliphatic carbocycles. The zero-order chi connectivity index (χ0) is 15.6. The lowest BCUT2D eigenvalue weighted by Gasteiger charge is -2.16. The number of alkyl halides is 3. The molecule has 1 aromatic rings. The summed E-state index contributed by atoms with van der Waals surface area (Å²) in [7, 11) is 0. The first kappa shape index (κ1) is 15.3. The van der Waals surface area contributed by atoms with Gasteiger partial charge in [-0.1, -0.05) is 0 Å². The van der Waals surface area contributed by atoms with Crippen molar-refractivity contribution < 1.29 is 27.5 Å². The lowest BCUT2D eigenvalue weighted by atomic mass is 9.97. The smallest absolute Gasteiger partial charge is 0.419 e. The highest BCUT2D eigenvalue weighted by atomic mass is 19.4. The van der Waals surface area contributed by atoms with Gasteiger partial charge in [-0.05, 0) is 37.5 Å². The molecule has 2 N–H and O–H groups in total. The minimum atomic E-state index is -4.84. The molecule has 1 aliphatic rings. The standard InChI is InChI=1S/C14H13F4NO2/c15-11-6-5-8(7-10(11)14(16,17)18)19-13(21)9-3-1-2-4-12(9)20/h5-7,20H,1-4H2,(H,19,21). The van der Waals surface area contributed by atoms with Crippen LogP contribution in [0.25, 0.3) is 0 Å². The van der Waals surface area contributed by atoms with E-state index in [-0.39, 0.29) is 17.0 Å². The quantitative estimate of drug-likeness (QED) is 0.806. The first-order valence-electron chi connectivity index (χ1n) is 6.38. The normalized spacial score (nSPS) is 16.0. The number of rotatable bonds is 2. The van der Waals surface area contributed by atoms with Gasteiger partial charge in [0, 0.05) is 12.1 Å². The summed E-state index contributed by atoms with van der Waals surface area (Å²) in [5, 5.41) is 11.9. The fourth-order valence-corrected chi connectivity index (χ4v) is 2.16. The van der Waals surface area contributed by atoms with E-state index < -0.39 is 23.5 Å². The molecule has 0 saturated heterocycles. The molecular formula is C14H13F4NO2. The maximum absolute atomic E-state index is 13.1. The van der Waals surface area contributed by atoms with Crippen molar-refractivity contribution in [2.75, 3.05) is 5.32 Å². The van der Waals surface area contributed by atoms with Crippen molar-refractivity contribution in [3.05, 3.63) is 40.9 Å². The van der Waals surface area contributed by atoms with Gasteiger partial charge in [-0.3, -0.25) is 4.79 Å². The van der Waals surface area contributed by atoms with Crippen LogP contribution in [0.15, 0.2) is 29.5 Å². The van der Waals surface area contributed by atoms with Crippen LogP contribution in [0.5, 0.6) is 0 Å². The Balaban J connectivity index is 2.22. The van der Waals surface area contributed by atoms with Crippen molar-refractivity contribution in [3.63, 3.8) is 0 Å². The summed E-state index contributed by atoms with van der Waals surface area (Å²) in [4.78, 5) is 11.9. The Hall–Kier alpha value is -2.05. The topological polar surface area (TPSA) is 49.3 Å². The summed E-state index contributed by atoms with van der Waals surface area (Å²) in [6.07, 6.45) is -2.61. The minimum Gasteiger partial charge on any atom is -0.512 e. The summed E-state index contributed by atoms with van der Waals surface area (Å²) < 4.78 is 50.9. The number of carbonyl (C=O) groups is 1. The van der Waals surface area contributed by atoms with Gasteiger partial charge in [0.2, 0.25) is 0 Å². The van der Waals surface area contributed by atoms with Crippen molar-refractivity contribution in [3.8, 4) is 0 Å². The Kier molecular flexibility index (Phi) is 4.20. The number of benzene rings is 1. The number of nitrogens with one attached hydrogen (secondary N) is 1. The van der Waals surface area contributed by atoms with Gasteiger partial charge in [-0.2, -0.15) is 13.2 Å². The average Bonchev–Trinajstić information content (AvgIpc) is 2.40. The SMILES string of the molecule is O=C(Nc1ccc(F)c(C(F)(F)F)c1)C1=C(O)CCCC1. The minimum absolute atomic E-state index is 0.0445. The van der Waals surface area contributed by atoms with Gasteiger partial charge < -0.3 is 10.4 Å². The van der Waals surface area contributed by atoms with Crippen LogP contribution in [0, 0.1) is 5.82 Å². The molecule has 21 heavy (non-hydrogen) atoms. The molecule has 7 heteroatoms. The number of hydrogen-bond acceptors (Lipinski definition) is 2. The van der Waals surface area contributed by atoms with Crippen molar-refractivity contribution in [1.29, 1.82) is 0 Å². The Labute approximate surface area is 118 Å². The molecule has 1 aromatic carbocycles. The van der Waals surface area contributed by atoms with E-state index in [1.165, 1.54) is 0 Å². The maximum Gasteiger partial charge on any atom is 0.419 e. The number of amides is 1. The van der Waals surface area contributed by atoms with Gasteiger partial charge in [-0.25, -0.2) is 4.39 Å². The Morgan fingerprint density at radius 2 is 1.86 bits per heavy atom. The van der Waals surface area contributed by atoms with Crippen LogP contribution in [0.4, 0.5) is 23.2 Å². The molecule has 0 aromatic heterocycles. The van der Waals surface area contributed by atoms with Crippen molar-refractivity contribution in [1.82, 2.24) is 0 Å². The van der Waals surface area contributed by atoms with Gasteiger partial charge in [0.1, 0.15) is 11.6 Å². The molecule has 1 amide bonds. The highest BCUT2D eigenvalue weighted by Gasteiger charge is 2.34. The zero-order valence-corrected chi connectivity index (χ0v) is 10.9. The predicted octanol–water partition coefficient (Wildman–Crippen LogP) is 4.17. The van der Waals surface area contributed by atoms with Crippen molar-refractivity contribution in [2.24, 2.45) is 0 Å². The lowest BCUT2D eigenvalue weighted by Crippen LogP contribution is -2.19. The van der Waals surface area contributed by atoms with E-state index >= 15 is 0 Å². The Morgan fingerprint density at radius 3 is 2.48 bits per heavy atom. The number of aliphatic hydroxyl groups excluding tert-OH is 1. The number of anilines is 1. The van der Waals surface area contributed by atoms with Gasteiger partial charge >= 0.3 is 6.18 Å². The monoisotopic (exact) mass is 303 g/mol. The predicted molar refractivity (Wildman–Crippen MR) is 68.2 cm³/mol. The second-order valence-electron chi connectivity index (χ2n) is 4.78. The van der Waals surface area contributed by atoms with Gasteiger partial charge in [0.05, 0.1) is 11.1 Å². The molecule has 0 atom stereocenters. The second-order valence-corrected chi connectivity index (χ2v) is 4.78. The van der Waals surface area contributed by atoms with Crippen LogP contribution < -0.4 is 5.32 Å². The van der Waals surface area contributed by atoms with E-state index in [0.29, 0.717) is 25.0 Å². The molecule has 0 radical (unpaired) electrons. The molecule has 0 unspecified atom stereocenters. The molecule has 0 fully saturated rings. The first-order chi connectivity index (χ1) is 9.79. The van der Waals surface area contributed by atoms with Crippen LogP contribution >= 0.6 is 0 Å². The molecule has 2 rings (SSSR count). The third-order valence-electron chi connectivity index (χ3n) is 3.24. The summed E-state index contributed by atoms with van der Waals surface area (Å²) in [5.74, 6) is -2.11. The summed E-state index contributed by atoms with van der Waals surface area (Å²) >= 11 is 0. The molecule has 0 heterocycles. The third-order valence-corrected chi connectivity index (χ3v) is 3.24. The summed E-state index contributed by atoms with van der Waals surface area (Å²) in [6.45, 7) is 0. The van der Waals surface area contributed by atoms with Crippen LogP contribution in [-0.4, -0.2) is 11.0 Å². The van der Waals surface area contributed by atoms with E-state index in [4.69, 9.17) is 0 Å². The molecule has 114 valence electrons. The van der Waals surface area contributed by atoms with E-state index in [1.54, 1.807) is 0 Å². The van der Waals surface area contributed by atoms with Gasteiger partial charge in [0.25, 0.3) is 5.91 Å². The van der Waals surface area contributed by atoms with E-state index in [1.807, 2.05) is 0 Å². The number of carbonyl (C=O) groups excluding carboxylic acids is 1. The van der Waals surface area contributed by atoms with Crippen molar-refractivity contribution >= 4 is 11.6 Å². The lowest BCUT2D eigenvalue weighted by molar-refractivity contribution is -0.140. The molecule has 0 saturated carbocycles. The van der Waals surface area contributed by atoms with Crippen LogP contribution in [-0.2, 0) is 11.0 Å². The van der Waals surface area contributed by atoms with Crippen LogP contribution in [0.2, 0.25) is 0 Å². The first-order valence-corrected chi connectivity index (χ1v) is 6.38. The van der Waals surface area contributed by atoms with E-state index in [2.05, 4.69) is 5.32 Å². The summed E-state index contributed by atoms with van der Waals surface area (Å²) in [5.41, 5.74) is -1.44. The third kappa shape index (κ3) is 3.53. The molecular weight excluding hydrogens is 290 g/mol. The average molecular weight is 303 g/mol. The number of hydrogen-bond donors (Lipinski definition) is 2. The van der Waals surface area contributed by atoms with Crippen LogP contribution in [0.3, 0.4) is 0 Å². The zero-order valence-electron chi connectivity index (χ0n) is 10.9. The number of allylic oxidation sites excluding steroid dienone is 1. The highest BCUT2D eigenvalue weighted by Crippen LogP contribution is 2.33. The molecule has 0 bridgehead atoms. The maximum atomic E-state index is 13.1. The van der Waals surface area contributed by atoms with Crippen LogP contribution in [0.1, 0.15) is 31.2 Å². The molecule has 0 aliphatic heterocycles. The number of halogens is 4. The highest BCUT2D eigenvalue weighted by molar-refractivity contribution is 6.04. The largest absolute Gasteiger partial charge is 0.512 e.